The van der Waals surface area contributed by atoms with Crippen LogP contribution in [0.25, 0.3) is 22.4 Å². The number of methoxy groups -OCH3 is 1. The number of rotatable bonds is 5. The van der Waals surface area contributed by atoms with Crippen molar-refractivity contribution >= 4 is 5.82 Å². The van der Waals surface area contributed by atoms with Crippen molar-refractivity contribution in [1.29, 1.82) is 0 Å². The average Bonchev–Trinajstić information content (AvgIpc) is 3.05. The van der Waals surface area contributed by atoms with E-state index in [4.69, 9.17) is 4.74 Å². The van der Waals surface area contributed by atoms with Gasteiger partial charge in [0.25, 0.3) is 0 Å². The van der Waals surface area contributed by atoms with Crippen molar-refractivity contribution < 1.29 is 9.84 Å². The summed E-state index contributed by atoms with van der Waals surface area (Å²) in [6.45, 7) is 4.68. The van der Waals surface area contributed by atoms with Gasteiger partial charge in [-0.15, -0.1) is 10.2 Å². The third kappa shape index (κ3) is 4.15. The Morgan fingerprint density at radius 2 is 1.70 bits per heavy atom. The number of anilines is 1. The van der Waals surface area contributed by atoms with E-state index in [1.54, 1.807) is 13.2 Å². The molecule has 2 fully saturated rings. The van der Waals surface area contributed by atoms with Crippen molar-refractivity contribution in [3.05, 3.63) is 54.6 Å². The first-order chi connectivity index (χ1) is 15.8. The van der Waals surface area contributed by atoms with Crippen molar-refractivity contribution in [3.8, 4) is 33.9 Å². The molecule has 0 spiro atoms. The first-order valence-corrected chi connectivity index (χ1v) is 11.6. The number of hydrogen-bond acceptors (Lipinski definition) is 6. The molecule has 172 valence electrons. The lowest BCUT2D eigenvalue weighted by Gasteiger charge is -2.45. The second-order valence-corrected chi connectivity index (χ2v) is 10.2. The van der Waals surface area contributed by atoms with Crippen LogP contribution in [0.5, 0.6) is 11.5 Å². The van der Waals surface area contributed by atoms with Crippen LogP contribution in [0.4, 0.5) is 5.82 Å². The largest absolute Gasteiger partial charge is 0.507 e. The van der Waals surface area contributed by atoms with Crippen LogP contribution in [-0.2, 0) is 0 Å². The molecule has 2 saturated heterocycles. The minimum atomic E-state index is 0.182. The molecular weight excluding hydrogens is 412 g/mol. The first kappa shape index (κ1) is 21.7. The quantitative estimate of drug-likeness (QED) is 0.576. The second-order valence-electron chi connectivity index (χ2n) is 10.2. The van der Waals surface area contributed by atoms with E-state index >= 15 is 0 Å². The standard InChI is InChI=1S/C27H32N4O2/c1-26-12-13-27(2,30-26)17-20(16-26)31(3)25-11-10-23(28-29-25)22-9-8-19(15-24(22)32)18-6-5-7-21(14-18)33-4/h5-11,14-15,20,30,32H,12-13,16-17H2,1-4H3/t20?,26-,27+. The molecule has 2 aliphatic heterocycles. The van der Waals surface area contributed by atoms with Gasteiger partial charge < -0.3 is 20.1 Å². The Hall–Kier alpha value is -3.12. The van der Waals surface area contributed by atoms with Gasteiger partial charge in [-0.05, 0) is 87.1 Å². The van der Waals surface area contributed by atoms with Crippen molar-refractivity contribution in [3.63, 3.8) is 0 Å². The number of benzene rings is 2. The monoisotopic (exact) mass is 444 g/mol. The van der Waals surface area contributed by atoms with Gasteiger partial charge in [-0.3, -0.25) is 0 Å². The van der Waals surface area contributed by atoms with Crippen molar-refractivity contribution in [2.24, 2.45) is 0 Å². The number of ether oxygens (including phenoxy) is 1. The predicted octanol–water partition coefficient (Wildman–Crippen LogP) is 5.02. The van der Waals surface area contributed by atoms with E-state index in [-0.39, 0.29) is 16.8 Å². The first-order valence-electron chi connectivity index (χ1n) is 11.6. The fraction of sp³-hybridized carbons (Fsp3) is 0.407. The highest BCUT2D eigenvalue weighted by Crippen LogP contribution is 2.44. The van der Waals surface area contributed by atoms with E-state index < -0.39 is 0 Å². The minimum absolute atomic E-state index is 0.182. The summed E-state index contributed by atoms with van der Waals surface area (Å²) >= 11 is 0. The van der Waals surface area contributed by atoms with Gasteiger partial charge in [-0.2, -0.15) is 0 Å². The maximum absolute atomic E-state index is 10.7. The van der Waals surface area contributed by atoms with Crippen LogP contribution in [-0.4, -0.2) is 46.6 Å². The molecule has 6 heteroatoms. The highest BCUT2D eigenvalue weighted by Gasteiger charge is 2.49. The molecule has 6 nitrogen and oxygen atoms in total. The molecule has 2 bridgehead atoms. The summed E-state index contributed by atoms with van der Waals surface area (Å²) in [6.07, 6.45) is 4.66. The lowest BCUT2D eigenvalue weighted by molar-refractivity contribution is 0.207. The third-order valence-electron chi connectivity index (χ3n) is 7.44. The van der Waals surface area contributed by atoms with Gasteiger partial charge in [-0.1, -0.05) is 18.2 Å². The van der Waals surface area contributed by atoms with E-state index in [9.17, 15) is 5.11 Å². The molecule has 2 aromatic carbocycles. The predicted molar refractivity (Wildman–Crippen MR) is 132 cm³/mol. The molecule has 5 rings (SSSR count). The zero-order valence-electron chi connectivity index (χ0n) is 19.8. The van der Waals surface area contributed by atoms with E-state index in [2.05, 4.69) is 41.3 Å². The maximum Gasteiger partial charge on any atom is 0.151 e. The van der Waals surface area contributed by atoms with Crippen molar-refractivity contribution in [2.75, 3.05) is 19.1 Å². The number of phenols is 1. The van der Waals surface area contributed by atoms with Crippen molar-refractivity contribution in [1.82, 2.24) is 15.5 Å². The molecule has 3 heterocycles. The Morgan fingerprint density at radius 3 is 2.33 bits per heavy atom. The Kier molecular flexibility index (Phi) is 5.28. The Bertz CT molecular complexity index is 1150. The fourth-order valence-electron chi connectivity index (χ4n) is 5.67. The van der Waals surface area contributed by atoms with E-state index in [0.717, 1.165) is 35.5 Å². The molecular formula is C27H32N4O2. The molecule has 2 N–H and O–H groups in total. The van der Waals surface area contributed by atoms with Crippen LogP contribution in [0.2, 0.25) is 0 Å². The minimum Gasteiger partial charge on any atom is -0.507 e. The summed E-state index contributed by atoms with van der Waals surface area (Å²) in [5.74, 6) is 1.83. The molecule has 0 radical (unpaired) electrons. The summed E-state index contributed by atoms with van der Waals surface area (Å²) in [6, 6.07) is 17.8. The van der Waals surface area contributed by atoms with Crippen LogP contribution in [0.15, 0.2) is 54.6 Å². The Balaban J connectivity index is 1.35. The SMILES string of the molecule is COc1cccc(-c2ccc(-c3ccc(N(C)C4C[C@]5(C)CC[C@](C)(C4)N5)nn3)c(O)c2)c1. The van der Waals surface area contributed by atoms with Crippen molar-refractivity contribution in [2.45, 2.75) is 56.7 Å². The van der Waals surface area contributed by atoms with Gasteiger partial charge in [-0.25, -0.2) is 0 Å². The van der Waals surface area contributed by atoms with Gasteiger partial charge in [0.1, 0.15) is 11.5 Å². The lowest BCUT2D eigenvalue weighted by Crippen LogP contribution is -2.58. The van der Waals surface area contributed by atoms with Crippen LogP contribution < -0.4 is 15.0 Å². The summed E-state index contributed by atoms with van der Waals surface area (Å²) in [4.78, 5) is 2.27. The number of nitrogens with one attached hydrogen (secondary N) is 1. The number of piperidine rings is 1. The van der Waals surface area contributed by atoms with Gasteiger partial charge in [0, 0.05) is 29.7 Å². The molecule has 0 amide bonds. The number of hydrogen-bond donors (Lipinski definition) is 2. The van der Waals surface area contributed by atoms with Crippen LogP contribution in [0.1, 0.15) is 39.5 Å². The van der Waals surface area contributed by atoms with Gasteiger partial charge >= 0.3 is 0 Å². The van der Waals surface area contributed by atoms with E-state index in [1.807, 2.05) is 48.5 Å². The normalized spacial score (nSPS) is 26.2. The number of fused-ring (bicyclic) bond motifs is 2. The molecule has 33 heavy (non-hydrogen) atoms. The highest BCUT2D eigenvalue weighted by atomic mass is 16.5. The molecule has 2 aliphatic rings. The van der Waals surface area contributed by atoms with Crippen LogP contribution in [0.3, 0.4) is 0 Å². The number of aromatic nitrogens is 2. The van der Waals surface area contributed by atoms with Crippen LogP contribution in [0, 0.1) is 0 Å². The van der Waals surface area contributed by atoms with E-state index in [1.165, 1.54) is 12.8 Å². The third-order valence-corrected chi connectivity index (χ3v) is 7.44. The van der Waals surface area contributed by atoms with Gasteiger partial charge in [0.05, 0.1) is 12.8 Å². The van der Waals surface area contributed by atoms with Gasteiger partial charge in [0.15, 0.2) is 5.82 Å². The van der Waals surface area contributed by atoms with Crippen LogP contribution >= 0.6 is 0 Å². The maximum atomic E-state index is 10.7. The summed E-state index contributed by atoms with van der Waals surface area (Å²) in [7, 11) is 3.77. The molecule has 3 atom stereocenters. The second kappa shape index (κ2) is 8.03. The summed E-state index contributed by atoms with van der Waals surface area (Å²) in [5, 5.41) is 23.5. The van der Waals surface area contributed by atoms with E-state index in [0.29, 0.717) is 17.3 Å². The smallest absolute Gasteiger partial charge is 0.151 e. The Morgan fingerprint density at radius 1 is 0.970 bits per heavy atom. The Labute approximate surface area is 195 Å². The summed E-state index contributed by atoms with van der Waals surface area (Å²) in [5.41, 5.74) is 3.64. The molecule has 1 unspecified atom stereocenters. The summed E-state index contributed by atoms with van der Waals surface area (Å²) < 4.78 is 5.31. The lowest BCUT2D eigenvalue weighted by atomic mass is 9.84. The molecule has 1 aromatic heterocycles. The van der Waals surface area contributed by atoms with Gasteiger partial charge in [0.2, 0.25) is 0 Å². The highest BCUT2D eigenvalue weighted by molar-refractivity contribution is 5.75. The zero-order chi connectivity index (χ0) is 23.2. The zero-order valence-corrected chi connectivity index (χ0v) is 19.8. The number of nitrogens with zero attached hydrogens (tertiary/aromatic N) is 3. The molecule has 0 saturated carbocycles. The molecule has 3 aromatic rings. The number of phenolic OH excluding ortho intramolecular Hbond substituents is 1. The number of aromatic hydroxyl groups is 1. The molecule has 0 aliphatic carbocycles. The fourth-order valence-corrected chi connectivity index (χ4v) is 5.67. The average molecular weight is 445 g/mol. The topological polar surface area (TPSA) is 70.5 Å².